The first-order chi connectivity index (χ1) is 9.00. The van der Waals surface area contributed by atoms with E-state index in [4.69, 9.17) is 5.73 Å². The summed E-state index contributed by atoms with van der Waals surface area (Å²) >= 11 is 0. The van der Waals surface area contributed by atoms with Crippen molar-refractivity contribution in [2.75, 3.05) is 0 Å². The van der Waals surface area contributed by atoms with Gasteiger partial charge in [0.15, 0.2) is 0 Å². The molecule has 0 aromatic heterocycles. The third kappa shape index (κ3) is 2.99. The number of hydrogen-bond acceptors (Lipinski definition) is 1. The lowest BCUT2D eigenvalue weighted by Gasteiger charge is -2.24. The number of amides is 1. The molecule has 2 N–H and O–H groups in total. The van der Waals surface area contributed by atoms with Crippen LogP contribution in [0.1, 0.15) is 64.7 Å². The minimum Gasteiger partial charge on any atom is -0.366 e. The molecule has 0 radical (unpaired) electrons. The van der Waals surface area contributed by atoms with Crippen molar-refractivity contribution >= 4 is 5.91 Å². The third-order valence-electron chi connectivity index (χ3n) is 4.59. The molecule has 2 heteroatoms. The van der Waals surface area contributed by atoms with Gasteiger partial charge in [0, 0.05) is 5.56 Å². The quantitative estimate of drug-likeness (QED) is 0.880. The van der Waals surface area contributed by atoms with Crippen molar-refractivity contribution in [3.63, 3.8) is 0 Å². The summed E-state index contributed by atoms with van der Waals surface area (Å²) < 4.78 is 0. The molecule has 0 unspecified atom stereocenters. The second kappa shape index (κ2) is 5.77. The highest BCUT2D eigenvalue weighted by Crippen LogP contribution is 2.31. The summed E-state index contributed by atoms with van der Waals surface area (Å²) in [4.78, 5) is 11.6. The highest BCUT2D eigenvalue weighted by Gasteiger charge is 2.19. The second-order valence-corrected chi connectivity index (χ2v) is 6.06. The fourth-order valence-corrected chi connectivity index (χ4v) is 3.60. The number of benzene rings is 1. The largest absolute Gasteiger partial charge is 0.366 e. The Kier molecular flexibility index (Phi) is 4.28. The maximum absolute atomic E-state index is 11.6. The summed E-state index contributed by atoms with van der Waals surface area (Å²) in [7, 11) is 0. The molecular formula is C17H25NO. The van der Waals surface area contributed by atoms with Gasteiger partial charge >= 0.3 is 0 Å². The first-order valence-electron chi connectivity index (χ1n) is 7.40. The van der Waals surface area contributed by atoms with E-state index in [9.17, 15) is 4.79 Å². The van der Waals surface area contributed by atoms with Crippen LogP contribution in [0.5, 0.6) is 0 Å². The highest BCUT2D eigenvalue weighted by atomic mass is 16.1. The number of carbonyl (C=O) groups excluding carboxylic acids is 1. The van der Waals surface area contributed by atoms with Crippen LogP contribution in [-0.4, -0.2) is 5.91 Å². The Hall–Kier alpha value is -1.31. The van der Waals surface area contributed by atoms with E-state index < -0.39 is 0 Å². The molecule has 1 aliphatic rings. The van der Waals surface area contributed by atoms with Crippen LogP contribution in [0.2, 0.25) is 0 Å². The molecule has 0 spiro atoms. The summed E-state index contributed by atoms with van der Waals surface area (Å²) in [6, 6.07) is 2.12. The van der Waals surface area contributed by atoms with E-state index in [0.717, 1.165) is 29.0 Å². The van der Waals surface area contributed by atoms with Gasteiger partial charge in [-0.1, -0.05) is 38.2 Å². The van der Waals surface area contributed by atoms with Gasteiger partial charge in [-0.2, -0.15) is 0 Å². The van der Waals surface area contributed by atoms with Crippen LogP contribution in [0, 0.1) is 26.7 Å². The van der Waals surface area contributed by atoms with Crippen molar-refractivity contribution in [2.45, 2.75) is 59.3 Å². The number of nitrogens with two attached hydrogens (primary N) is 1. The van der Waals surface area contributed by atoms with Crippen LogP contribution >= 0.6 is 0 Å². The number of primary amides is 1. The van der Waals surface area contributed by atoms with Gasteiger partial charge < -0.3 is 5.73 Å². The zero-order chi connectivity index (χ0) is 14.0. The Bertz CT molecular complexity index is 485. The summed E-state index contributed by atoms with van der Waals surface area (Å²) in [5.74, 6) is 0.495. The van der Waals surface area contributed by atoms with Gasteiger partial charge in [0.25, 0.3) is 0 Å². The van der Waals surface area contributed by atoms with Crippen LogP contribution in [-0.2, 0) is 6.42 Å². The Morgan fingerprint density at radius 1 is 1.16 bits per heavy atom. The molecule has 0 heterocycles. The van der Waals surface area contributed by atoms with Gasteiger partial charge in [-0.05, 0) is 55.4 Å². The zero-order valence-corrected chi connectivity index (χ0v) is 12.4. The normalized spacial score (nSPS) is 16.6. The van der Waals surface area contributed by atoms with E-state index in [1.54, 1.807) is 0 Å². The second-order valence-electron chi connectivity index (χ2n) is 6.06. The van der Waals surface area contributed by atoms with E-state index in [1.807, 2.05) is 6.92 Å². The van der Waals surface area contributed by atoms with Crippen molar-refractivity contribution < 1.29 is 4.79 Å². The molecule has 0 atom stereocenters. The first kappa shape index (κ1) is 14.1. The van der Waals surface area contributed by atoms with E-state index in [1.165, 1.54) is 43.2 Å². The molecule has 1 aromatic rings. The lowest BCUT2D eigenvalue weighted by molar-refractivity contribution is 0.0999. The van der Waals surface area contributed by atoms with E-state index in [2.05, 4.69) is 19.9 Å². The van der Waals surface area contributed by atoms with Gasteiger partial charge in [0.05, 0.1) is 0 Å². The fraction of sp³-hybridized carbons (Fsp3) is 0.588. The maximum Gasteiger partial charge on any atom is 0.249 e. The monoisotopic (exact) mass is 259 g/mol. The molecule has 2 nitrogen and oxygen atoms in total. The predicted octanol–water partition coefficient (Wildman–Crippen LogP) is 3.83. The lowest BCUT2D eigenvalue weighted by atomic mass is 9.81. The Balaban J connectivity index is 2.33. The number of rotatable bonds is 3. The molecule has 1 amide bonds. The van der Waals surface area contributed by atoms with Crippen LogP contribution in [0.25, 0.3) is 0 Å². The van der Waals surface area contributed by atoms with E-state index >= 15 is 0 Å². The Labute approximate surface area is 116 Å². The van der Waals surface area contributed by atoms with Crippen molar-refractivity contribution in [1.82, 2.24) is 0 Å². The number of carbonyl (C=O) groups is 1. The topological polar surface area (TPSA) is 43.1 Å². The van der Waals surface area contributed by atoms with Gasteiger partial charge in [-0.15, -0.1) is 0 Å². The predicted molar refractivity (Wildman–Crippen MR) is 79.4 cm³/mol. The van der Waals surface area contributed by atoms with Crippen LogP contribution in [0.3, 0.4) is 0 Å². The molecular weight excluding hydrogens is 234 g/mol. The van der Waals surface area contributed by atoms with Crippen LogP contribution in [0.15, 0.2) is 6.07 Å². The number of hydrogen-bond donors (Lipinski definition) is 1. The average molecular weight is 259 g/mol. The molecule has 1 saturated carbocycles. The van der Waals surface area contributed by atoms with Crippen molar-refractivity contribution in [1.29, 1.82) is 0 Å². The van der Waals surface area contributed by atoms with E-state index in [0.29, 0.717) is 0 Å². The van der Waals surface area contributed by atoms with Crippen molar-refractivity contribution in [2.24, 2.45) is 11.7 Å². The molecule has 1 fully saturated rings. The van der Waals surface area contributed by atoms with Crippen molar-refractivity contribution in [3.05, 3.63) is 33.9 Å². The third-order valence-corrected chi connectivity index (χ3v) is 4.59. The van der Waals surface area contributed by atoms with Gasteiger partial charge in [0.1, 0.15) is 0 Å². The van der Waals surface area contributed by atoms with Crippen LogP contribution < -0.4 is 5.73 Å². The van der Waals surface area contributed by atoms with Gasteiger partial charge in [-0.3, -0.25) is 4.79 Å². The SMILES string of the molecule is Cc1cc(C)c(C(N)=O)c(C)c1CC1CCCCC1. The van der Waals surface area contributed by atoms with E-state index in [-0.39, 0.29) is 5.91 Å². The maximum atomic E-state index is 11.6. The lowest BCUT2D eigenvalue weighted by Crippen LogP contribution is -2.18. The smallest absolute Gasteiger partial charge is 0.249 e. The average Bonchev–Trinajstić information content (AvgIpc) is 2.35. The standard InChI is InChI=1S/C17H25NO/c1-11-9-12(2)16(17(18)19)13(3)15(11)10-14-7-5-4-6-8-14/h9,14H,4-8,10H2,1-3H3,(H2,18,19). The molecule has 19 heavy (non-hydrogen) atoms. The number of aryl methyl sites for hydroxylation is 2. The molecule has 1 aromatic carbocycles. The summed E-state index contributed by atoms with van der Waals surface area (Å²) in [5.41, 5.74) is 11.0. The summed E-state index contributed by atoms with van der Waals surface area (Å²) in [6.45, 7) is 6.19. The minimum absolute atomic E-state index is 0.292. The fourth-order valence-electron chi connectivity index (χ4n) is 3.60. The van der Waals surface area contributed by atoms with Crippen molar-refractivity contribution in [3.8, 4) is 0 Å². The van der Waals surface area contributed by atoms with Gasteiger partial charge in [0.2, 0.25) is 5.91 Å². The van der Waals surface area contributed by atoms with Crippen LogP contribution in [0.4, 0.5) is 0 Å². The molecule has 0 saturated heterocycles. The minimum atomic E-state index is -0.292. The molecule has 104 valence electrons. The Morgan fingerprint density at radius 3 is 2.37 bits per heavy atom. The molecule has 0 aliphatic heterocycles. The zero-order valence-electron chi connectivity index (χ0n) is 12.4. The molecule has 0 bridgehead atoms. The van der Waals surface area contributed by atoms with Gasteiger partial charge in [-0.25, -0.2) is 0 Å². The summed E-state index contributed by atoms with van der Waals surface area (Å²) in [5, 5.41) is 0. The molecule has 1 aliphatic carbocycles. The Morgan fingerprint density at radius 2 is 1.79 bits per heavy atom. The summed E-state index contributed by atoms with van der Waals surface area (Å²) in [6.07, 6.45) is 7.87. The first-order valence-corrected chi connectivity index (χ1v) is 7.40. The highest BCUT2D eigenvalue weighted by molar-refractivity contribution is 5.96. The molecule has 2 rings (SSSR count).